The van der Waals surface area contributed by atoms with Crippen molar-refractivity contribution >= 4 is 5.95 Å². The highest BCUT2D eigenvalue weighted by atomic mass is 16.5. The molecule has 0 radical (unpaired) electrons. The van der Waals surface area contributed by atoms with Crippen molar-refractivity contribution < 1.29 is 9.47 Å². The molecule has 2 fully saturated rings. The smallest absolute Gasteiger partial charge is 0.324 e. The molecule has 2 saturated heterocycles. The lowest BCUT2D eigenvalue weighted by Crippen LogP contribution is -2.46. The number of aromatic nitrogens is 3. The van der Waals surface area contributed by atoms with Crippen LogP contribution in [0.5, 0.6) is 12.0 Å². The highest BCUT2D eigenvalue weighted by Crippen LogP contribution is 2.30. The lowest BCUT2D eigenvalue weighted by Gasteiger charge is -2.36. The fourth-order valence-corrected chi connectivity index (χ4v) is 2.96. The van der Waals surface area contributed by atoms with Crippen LogP contribution < -0.4 is 19.7 Å². The zero-order chi connectivity index (χ0) is 13.2. The van der Waals surface area contributed by atoms with Gasteiger partial charge in [-0.25, -0.2) is 0 Å². The predicted molar refractivity (Wildman–Crippen MR) is 69.7 cm³/mol. The Balaban J connectivity index is 1.91. The Morgan fingerprint density at radius 1 is 1.11 bits per heavy atom. The number of nitrogens with one attached hydrogen (secondary N) is 1. The van der Waals surface area contributed by atoms with E-state index in [0.29, 0.717) is 29.9 Å². The second-order valence-electron chi connectivity index (χ2n) is 4.93. The van der Waals surface area contributed by atoms with Crippen LogP contribution in [0.15, 0.2) is 0 Å². The molecule has 2 atom stereocenters. The van der Waals surface area contributed by atoms with E-state index in [1.54, 1.807) is 14.2 Å². The largest absolute Gasteiger partial charge is 0.467 e. The van der Waals surface area contributed by atoms with Crippen LogP contribution in [0.3, 0.4) is 0 Å². The minimum absolute atomic E-state index is 0.301. The molecule has 1 aromatic rings. The van der Waals surface area contributed by atoms with E-state index in [1.165, 1.54) is 12.8 Å². The topological polar surface area (TPSA) is 72.4 Å². The van der Waals surface area contributed by atoms with E-state index < -0.39 is 0 Å². The van der Waals surface area contributed by atoms with Gasteiger partial charge in [0, 0.05) is 25.7 Å². The van der Waals surface area contributed by atoms with Crippen LogP contribution in [-0.4, -0.2) is 54.8 Å². The Hall–Kier alpha value is -1.63. The number of nitrogens with zero attached hydrogens (tertiary/aromatic N) is 4. The molecule has 0 bridgehead atoms. The zero-order valence-corrected chi connectivity index (χ0v) is 11.3. The summed E-state index contributed by atoms with van der Waals surface area (Å²) in [4.78, 5) is 15.0. The number of ether oxygens (including phenoxy) is 2. The molecule has 3 heterocycles. The van der Waals surface area contributed by atoms with Gasteiger partial charge in [0.05, 0.1) is 14.2 Å². The van der Waals surface area contributed by atoms with Crippen molar-refractivity contribution in [2.75, 3.05) is 38.8 Å². The first kappa shape index (κ1) is 12.4. The van der Waals surface area contributed by atoms with Crippen LogP contribution in [0.25, 0.3) is 0 Å². The first-order chi connectivity index (χ1) is 9.31. The molecule has 2 unspecified atom stereocenters. The second kappa shape index (κ2) is 5.16. The van der Waals surface area contributed by atoms with E-state index in [9.17, 15) is 0 Å². The molecular formula is C12H19N5O2. The number of anilines is 1. The Bertz CT molecular complexity index is 433. The third kappa shape index (κ3) is 2.30. The van der Waals surface area contributed by atoms with Gasteiger partial charge in [-0.2, -0.15) is 9.97 Å². The summed E-state index contributed by atoms with van der Waals surface area (Å²) in [6, 6.07) is 1.07. The molecule has 1 aromatic heterocycles. The summed E-state index contributed by atoms with van der Waals surface area (Å²) < 4.78 is 10.2. The first-order valence-electron chi connectivity index (χ1n) is 6.63. The lowest BCUT2D eigenvalue weighted by atomic mass is 9.92. The van der Waals surface area contributed by atoms with Crippen LogP contribution in [0.4, 0.5) is 5.95 Å². The van der Waals surface area contributed by atoms with Gasteiger partial charge < -0.3 is 19.7 Å². The van der Waals surface area contributed by atoms with Crippen molar-refractivity contribution in [1.29, 1.82) is 0 Å². The molecule has 0 saturated carbocycles. The Kier molecular flexibility index (Phi) is 3.37. The summed E-state index contributed by atoms with van der Waals surface area (Å²) in [5.41, 5.74) is 0. The molecule has 0 amide bonds. The van der Waals surface area contributed by atoms with Crippen molar-refractivity contribution in [3.63, 3.8) is 0 Å². The maximum Gasteiger partial charge on any atom is 0.324 e. The Morgan fingerprint density at radius 2 is 1.84 bits per heavy atom. The van der Waals surface area contributed by atoms with Gasteiger partial charge in [-0.1, -0.05) is 0 Å². The van der Waals surface area contributed by atoms with Gasteiger partial charge in [0.1, 0.15) is 0 Å². The second-order valence-corrected chi connectivity index (χ2v) is 4.93. The van der Waals surface area contributed by atoms with Crippen molar-refractivity contribution in [2.24, 2.45) is 5.92 Å². The van der Waals surface area contributed by atoms with Gasteiger partial charge in [0.25, 0.3) is 0 Å². The van der Waals surface area contributed by atoms with Gasteiger partial charge in [0.2, 0.25) is 5.95 Å². The predicted octanol–water partition coefficient (Wildman–Crippen LogP) is 0.0770. The van der Waals surface area contributed by atoms with Crippen molar-refractivity contribution in [3.8, 4) is 12.0 Å². The molecule has 0 aromatic carbocycles. The maximum atomic E-state index is 5.11. The molecule has 1 N–H and O–H groups in total. The van der Waals surface area contributed by atoms with Crippen molar-refractivity contribution in [3.05, 3.63) is 0 Å². The summed E-state index contributed by atoms with van der Waals surface area (Å²) in [5, 5.41) is 3.45. The molecule has 7 nitrogen and oxygen atoms in total. The average Bonchev–Trinajstić information content (AvgIpc) is 2.94. The number of hydrogen-bond donors (Lipinski definition) is 1. The standard InChI is InChI=1S/C12H19N5O2/c1-18-11-14-10(15-12(16-11)19-2)17-5-3-4-8-6-13-7-9(8)17/h8-9,13H,3-7H2,1-2H3. The molecule has 7 heteroatoms. The number of hydrogen-bond acceptors (Lipinski definition) is 7. The quantitative estimate of drug-likeness (QED) is 0.829. The molecule has 3 rings (SSSR count). The molecular weight excluding hydrogens is 246 g/mol. The maximum absolute atomic E-state index is 5.11. The van der Waals surface area contributed by atoms with E-state index in [-0.39, 0.29) is 0 Å². The summed E-state index contributed by atoms with van der Waals surface area (Å²) in [5.74, 6) is 1.34. The lowest BCUT2D eigenvalue weighted by molar-refractivity contribution is 0.333. The van der Waals surface area contributed by atoms with Crippen LogP contribution in [0.2, 0.25) is 0 Å². The molecule has 104 valence electrons. The summed E-state index contributed by atoms with van der Waals surface area (Å²) in [6.07, 6.45) is 2.44. The molecule has 2 aliphatic heterocycles. The third-order valence-corrected chi connectivity index (χ3v) is 3.88. The number of rotatable bonds is 3. The van der Waals surface area contributed by atoms with Crippen LogP contribution in [0.1, 0.15) is 12.8 Å². The minimum Gasteiger partial charge on any atom is -0.467 e. The van der Waals surface area contributed by atoms with Gasteiger partial charge in [-0.15, -0.1) is 4.98 Å². The fraction of sp³-hybridized carbons (Fsp3) is 0.750. The van der Waals surface area contributed by atoms with E-state index >= 15 is 0 Å². The van der Waals surface area contributed by atoms with E-state index in [4.69, 9.17) is 9.47 Å². The third-order valence-electron chi connectivity index (χ3n) is 3.88. The number of piperidine rings is 1. The van der Waals surface area contributed by atoms with E-state index in [0.717, 1.165) is 19.6 Å². The monoisotopic (exact) mass is 265 g/mol. The highest BCUT2D eigenvalue weighted by Gasteiger charge is 2.36. The van der Waals surface area contributed by atoms with E-state index in [1.807, 2.05) is 0 Å². The van der Waals surface area contributed by atoms with Gasteiger partial charge >= 0.3 is 12.0 Å². The summed E-state index contributed by atoms with van der Waals surface area (Å²) in [7, 11) is 3.10. The van der Waals surface area contributed by atoms with Crippen LogP contribution in [0, 0.1) is 5.92 Å². The molecule has 0 spiro atoms. The average molecular weight is 265 g/mol. The normalized spacial score (nSPS) is 26.1. The van der Waals surface area contributed by atoms with Gasteiger partial charge in [-0.3, -0.25) is 0 Å². The van der Waals surface area contributed by atoms with Crippen LogP contribution >= 0.6 is 0 Å². The fourth-order valence-electron chi connectivity index (χ4n) is 2.96. The minimum atomic E-state index is 0.301. The van der Waals surface area contributed by atoms with Crippen LogP contribution in [-0.2, 0) is 0 Å². The molecule has 2 aliphatic rings. The first-order valence-corrected chi connectivity index (χ1v) is 6.63. The van der Waals surface area contributed by atoms with Gasteiger partial charge in [0.15, 0.2) is 0 Å². The van der Waals surface area contributed by atoms with Crippen molar-refractivity contribution in [1.82, 2.24) is 20.3 Å². The molecule has 19 heavy (non-hydrogen) atoms. The summed E-state index contributed by atoms with van der Waals surface area (Å²) in [6.45, 7) is 3.04. The Labute approximate surface area is 112 Å². The van der Waals surface area contributed by atoms with Crippen molar-refractivity contribution in [2.45, 2.75) is 18.9 Å². The number of fused-ring (bicyclic) bond motifs is 1. The highest BCUT2D eigenvalue weighted by molar-refractivity contribution is 5.36. The summed E-state index contributed by atoms with van der Waals surface area (Å²) >= 11 is 0. The zero-order valence-electron chi connectivity index (χ0n) is 11.3. The molecule has 0 aliphatic carbocycles. The number of methoxy groups -OCH3 is 2. The SMILES string of the molecule is COc1nc(OC)nc(N2CCCC3CNCC32)n1. The van der Waals surface area contributed by atoms with E-state index in [2.05, 4.69) is 25.2 Å². The van der Waals surface area contributed by atoms with Gasteiger partial charge in [-0.05, 0) is 18.8 Å². The Morgan fingerprint density at radius 3 is 2.53 bits per heavy atom.